The third-order valence-electron chi connectivity index (χ3n) is 2.62. The minimum Gasteiger partial charge on any atom is -0.298 e. The number of thiazole rings is 1. The predicted octanol–water partition coefficient (Wildman–Crippen LogP) is 3.84. The molecule has 3 rings (SSSR count). The molecule has 0 aliphatic carbocycles. The molecule has 1 heterocycles. The van der Waals surface area contributed by atoms with Crippen LogP contribution in [-0.4, -0.2) is 10.9 Å². The lowest BCUT2D eigenvalue weighted by Crippen LogP contribution is -2.11. The van der Waals surface area contributed by atoms with Gasteiger partial charge in [0.15, 0.2) is 5.13 Å². The van der Waals surface area contributed by atoms with Crippen molar-refractivity contribution in [2.24, 2.45) is 0 Å². The van der Waals surface area contributed by atoms with Gasteiger partial charge in [-0.05, 0) is 30.3 Å². The molecular weight excluding hydrogens is 276 g/mol. The Morgan fingerprint density at radius 3 is 2.79 bits per heavy atom. The molecule has 0 unspecified atom stereocenters. The van der Waals surface area contributed by atoms with Gasteiger partial charge in [0.1, 0.15) is 0 Å². The summed E-state index contributed by atoms with van der Waals surface area (Å²) in [5.74, 6) is -0.171. The first-order valence-electron chi connectivity index (χ1n) is 5.68. The van der Waals surface area contributed by atoms with Gasteiger partial charge in [-0.25, -0.2) is 4.98 Å². The topological polar surface area (TPSA) is 42.0 Å². The van der Waals surface area contributed by atoms with E-state index in [0.29, 0.717) is 10.7 Å². The zero-order valence-electron chi connectivity index (χ0n) is 9.83. The van der Waals surface area contributed by atoms with Crippen LogP contribution in [0.5, 0.6) is 0 Å². The molecule has 19 heavy (non-hydrogen) atoms. The quantitative estimate of drug-likeness (QED) is 0.703. The monoisotopic (exact) mass is 286 g/mol. The van der Waals surface area contributed by atoms with Gasteiger partial charge in [0, 0.05) is 10.5 Å². The van der Waals surface area contributed by atoms with Crippen LogP contribution in [0.15, 0.2) is 53.4 Å². The molecule has 0 spiro atoms. The van der Waals surface area contributed by atoms with Crippen molar-refractivity contribution in [1.82, 2.24) is 4.98 Å². The standard InChI is InChI=1S/C14H10N2OS2/c17-13(9-4-3-5-10(18)8-9)16-14-15-11-6-1-2-7-12(11)19-14/h1-8,18H,(H,15,16,17). The van der Waals surface area contributed by atoms with Gasteiger partial charge in [-0.1, -0.05) is 29.5 Å². The van der Waals surface area contributed by atoms with Gasteiger partial charge in [-0.2, -0.15) is 0 Å². The normalized spacial score (nSPS) is 10.6. The first-order chi connectivity index (χ1) is 9.22. The zero-order chi connectivity index (χ0) is 13.2. The lowest BCUT2D eigenvalue weighted by Gasteiger charge is -2.01. The van der Waals surface area contributed by atoms with Crippen molar-refractivity contribution in [2.45, 2.75) is 4.90 Å². The maximum atomic E-state index is 12.1. The Morgan fingerprint density at radius 2 is 2.00 bits per heavy atom. The number of hydrogen-bond donors (Lipinski definition) is 2. The second kappa shape index (κ2) is 5.03. The summed E-state index contributed by atoms with van der Waals surface area (Å²) in [5, 5.41) is 3.42. The largest absolute Gasteiger partial charge is 0.298 e. The van der Waals surface area contributed by atoms with Crippen LogP contribution in [0.4, 0.5) is 5.13 Å². The van der Waals surface area contributed by atoms with Crippen molar-refractivity contribution in [3.63, 3.8) is 0 Å². The van der Waals surface area contributed by atoms with Crippen LogP contribution < -0.4 is 5.32 Å². The molecule has 94 valence electrons. The smallest absolute Gasteiger partial charge is 0.257 e. The van der Waals surface area contributed by atoms with E-state index >= 15 is 0 Å². The van der Waals surface area contributed by atoms with Crippen LogP contribution >= 0.6 is 24.0 Å². The second-order valence-corrected chi connectivity index (χ2v) is 5.54. The van der Waals surface area contributed by atoms with Gasteiger partial charge in [-0.15, -0.1) is 12.6 Å². The number of amides is 1. The maximum absolute atomic E-state index is 12.1. The highest BCUT2D eigenvalue weighted by molar-refractivity contribution is 7.80. The van der Waals surface area contributed by atoms with E-state index in [0.717, 1.165) is 15.1 Å². The van der Waals surface area contributed by atoms with Crippen LogP contribution in [0.25, 0.3) is 10.2 Å². The van der Waals surface area contributed by atoms with E-state index in [-0.39, 0.29) is 5.91 Å². The predicted molar refractivity (Wildman–Crippen MR) is 81.3 cm³/mol. The van der Waals surface area contributed by atoms with Crippen molar-refractivity contribution in [1.29, 1.82) is 0 Å². The molecule has 1 N–H and O–H groups in total. The van der Waals surface area contributed by atoms with Gasteiger partial charge in [0.2, 0.25) is 0 Å². The summed E-state index contributed by atoms with van der Waals surface area (Å²) in [7, 11) is 0. The van der Waals surface area contributed by atoms with Crippen molar-refractivity contribution in [2.75, 3.05) is 5.32 Å². The SMILES string of the molecule is O=C(Nc1nc2ccccc2s1)c1cccc(S)c1. The van der Waals surface area contributed by atoms with Gasteiger partial charge in [-0.3, -0.25) is 10.1 Å². The van der Waals surface area contributed by atoms with Crippen molar-refractivity contribution >= 4 is 45.2 Å². The van der Waals surface area contributed by atoms with Crippen molar-refractivity contribution < 1.29 is 4.79 Å². The number of fused-ring (bicyclic) bond motifs is 1. The van der Waals surface area contributed by atoms with Crippen LogP contribution in [0.3, 0.4) is 0 Å². The summed E-state index contributed by atoms with van der Waals surface area (Å²) >= 11 is 5.68. The van der Waals surface area contributed by atoms with E-state index in [1.165, 1.54) is 11.3 Å². The van der Waals surface area contributed by atoms with Crippen LogP contribution in [0, 0.1) is 0 Å². The lowest BCUT2D eigenvalue weighted by atomic mass is 10.2. The molecular formula is C14H10N2OS2. The van der Waals surface area contributed by atoms with Gasteiger partial charge >= 0.3 is 0 Å². The number of nitrogens with zero attached hydrogens (tertiary/aromatic N) is 1. The highest BCUT2D eigenvalue weighted by Gasteiger charge is 2.09. The van der Waals surface area contributed by atoms with Crippen molar-refractivity contribution in [3.05, 3.63) is 54.1 Å². The van der Waals surface area contributed by atoms with E-state index in [9.17, 15) is 4.79 Å². The zero-order valence-corrected chi connectivity index (χ0v) is 11.5. The van der Waals surface area contributed by atoms with Gasteiger partial charge in [0.05, 0.1) is 10.2 Å². The molecule has 0 bridgehead atoms. The first kappa shape index (κ1) is 12.2. The summed E-state index contributed by atoms with van der Waals surface area (Å²) in [5.41, 5.74) is 1.47. The second-order valence-electron chi connectivity index (χ2n) is 3.99. The number of carbonyl (C=O) groups is 1. The Labute approximate surface area is 119 Å². The molecule has 3 nitrogen and oxygen atoms in total. The fourth-order valence-electron chi connectivity index (χ4n) is 1.74. The Kier molecular flexibility index (Phi) is 3.23. The Bertz CT molecular complexity index is 719. The van der Waals surface area contributed by atoms with Crippen LogP contribution in [-0.2, 0) is 0 Å². The molecule has 0 radical (unpaired) electrons. The summed E-state index contributed by atoms with van der Waals surface area (Å²) in [6, 6.07) is 14.9. The van der Waals surface area contributed by atoms with Crippen molar-refractivity contribution in [3.8, 4) is 0 Å². The Hall–Kier alpha value is -1.85. The third-order valence-corrected chi connectivity index (χ3v) is 3.85. The number of hydrogen-bond acceptors (Lipinski definition) is 4. The number of thiol groups is 1. The molecule has 0 aliphatic rings. The number of anilines is 1. The molecule has 5 heteroatoms. The van der Waals surface area contributed by atoms with E-state index in [4.69, 9.17) is 0 Å². The van der Waals surface area contributed by atoms with Gasteiger partial charge < -0.3 is 0 Å². The molecule has 0 saturated heterocycles. The summed E-state index contributed by atoms with van der Waals surface area (Å²) in [4.78, 5) is 17.2. The number of aromatic nitrogens is 1. The number of nitrogens with one attached hydrogen (secondary N) is 1. The average Bonchev–Trinajstić information content (AvgIpc) is 2.80. The number of carbonyl (C=O) groups excluding carboxylic acids is 1. The maximum Gasteiger partial charge on any atom is 0.257 e. The number of para-hydroxylation sites is 1. The Balaban J connectivity index is 1.86. The molecule has 0 aliphatic heterocycles. The number of rotatable bonds is 2. The lowest BCUT2D eigenvalue weighted by molar-refractivity contribution is 0.102. The first-order valence-corrected chi connectivity index (χ1v) is 6.95. The Morgan fingerprint density at radius 1 is 1.16 bits per heavy atom. The molecule has 0 saturated carbocycles. The highest BCUT2D eigenvalue weighted by atomic mass is 32.1. The summed E-state index contributed by atoms with van der Waals surface area (Å²) < 4.78 is 1.06. The van der Waals surface area contributed by atoms with Gasteiger partial charge in [0.25, 0.3) is 5.91 Å². The van der Waals surface area contributed by atoms with E-state index in [1.807, 2.05) is 30.3 Å². The fraction of sp³-hybridized carbons (Fsp3) is 0. The molecule has 1 aromatic heterocycles. The summed E-state index contributed by atoms with van der Waals surface area (Å²) in [6.45, 7) is 0. The molecule has 1 amide bonds. The fourth-order valence-corrected chi connectivity index (χ4v) is 2.83. The number of benzene rings is 2. The van der Waals surface area contributed by atoms with E-state index in [2.05, 4.69) is 22.9 Å². The highest BCUT2D eigenvalue weighted by Crippen LogP contribution is 2.25. The van der Waals surface area contributed by atoms with Crippen LogP contribution in [0.2, 0.25) is 0 Å². The van der Waals surface area contributed by atoms with E-state index < -0.39 is 0 Å². The minimum atomic E-state index is -0.171. The average molecular weight is 286 g/mol. The summed E-state index contributed by atoms with van der Waals surface area (Å²) in [6.07, 6.45) is 0. The molecule has 2 aromatic carbocycles. The molecule has 0 fully saturated rings. The minimum absolute atomic E-state index is 0.171. The van der Waals surface area contributed by atoms with Crippen LogP contribution in [0.1, 0.15) is 10.4 Å². The third kappa shape index (κ3) is 2.62. The van der Waals surface area contributed by atoms with E-state index in [1.54, 1.807) is 18.2 Å². The molecule has 0 atom stereocenters. The molecule has 3 aromatic rings.